The third kappa shape index (κ3) is 4.06. The molecule has 1 aromatic rings. The standard InChI is InChI=1S/C12H13NO4/c1-3-16-11(14)9(2)13-17-12(15)10-7-5-4-6-8-10/h4-8H,3H2,1-2H3. The van der Waals surface area contributed by atoms with Crippen molar-refractivity contribution in [1.82, 2.24) is 0 Å². The van der Waals surface area contributed by atoms with Gasteiger partial charge in [-0.3, -0.25) is 0 Å². The second kappa shape index (κ2) is 6.42. The van der Waals surface area contributed by atoms with Crippen LogP contribution in [0.3, 0.4) is 0 Å². The number of nitrogens with zero attached hydrogens (tertiary/aromatic N) is 1. The van der Waals surface area contributed by atoms with Crippen molar-refractivity contribution in [3.8, 4) is 0 Å². The minimum atomic E-state index is -0.616. The monoisotopic (exact) mass is 235 g/mol. The van der Waals surface area contributed by atoms with Gasteiger partial charge in [-0.2, -0.15) is 0 Å². The first-order valence-electron chi connectivity index (χ1n) is 5.13. The summed E-state index contributed by atoms with van der Waals surface area (Å²) in [5, 5.41) is 3.41. The highest BCUT2D eigenvalue weighted by Crippen LogP contribution is 2.01. The highest BCUT2D eigenvalue weighted by atomic mass is 16.7. The van der Waals surface area contributed by atoms with Gasteiger partial charge < -0.3 is 9.57 Å². The molecule has 0 saturated heterocycles. The Hall–Kier alpha value is -2.17. The first-order valence-corrected chi connectivity index (χ1v) is 5.13. The number of hydrogen-bond acceptors (Lipinski definition) is 5. The second-order valence-electron chi connectivity index (χ2n) is 3.14. The molecular weight excluding hydrogens is 222 g/mol. The van der Waals surface area contributed by atoms with E-state index in [1.807, 2.05) is 0 Å². The Bertz CT molecular complexity index is 425. The summed E-state index contributed by atoms with van der Waals surface area (Å²) in [7, 11) is 0. The summed E-state index contributed by atoms with van der Waals surface area (Å²) >= 11 is 0. The second-order valence-corrected chi connectivity index (χ2v) is 3.14. The molecule has 5 heteroatoms. The molecule has 0 radical (unpaired) electrons. The van der Waals surface area contributed by atoms with Crippen LogP contribution in [0.2, 0.25) is 0 Å². The van der Waals surface area contributed by atoms with Crippen molar-refractivity contribution in [2.24, 2.45) is 5.16 Å². The average Bonchev–Trinajstić information content (AvgIpc) is 2.36. The van der Waals surface area contributed by atoms with E-state index >= 15 is 0 Å². The Labute approximate surface area is 99.0 Å². The predicted molar refractivity (Wildman–Crippen MR) is 61.6 cm³/mol. The van der Waals surface area contributed by atoms with Crippen molar-refractivity contribution < 1.29 is 19.2 Å². The molecule has 0 aliphatic heterocycles. The molecule has 0 bridgehead atoms. The molecule has 0 N–H and O–H groups in total. The zero-order chi connectivity index (χ0) is 12.7. The molecule has 0 spiro atoms. The summed E-state index contributed by atoms with van der Waals surface area (Å²) in [6.07, 6.45) is 0. The lowest BCUT2D eigenvalue weighted by atomic mass is 10.2. The van der Waals surface area contributed by atoms with Crippen molar-refractivity contribution in [1.29, 1.82) is 0 Å². The fourth-order valence-electron chi connectivity index (χ4n) is 1.01. The number of carbonyl (C=O) groups is 2. The van der Waals surface area contributed by atoms with Gasteiger partial charge in [-0.05, 0) is 26.0 Å². The number of carbonyl (C=O) groups excluding carboxylic acids is 2. The molecule has 0 aliphatic rings. The molecule has 0 fully saturated rings. The highest BCUT2D eigenvalue weighted by Gasteiger charge is 2.10. The Morgan fingerprint density at radius 2 is 1.88 bits per heavy atom. The van der Waals surface area contributed by atoms with Crippen molar-refractivity contribution in [3.63, 3.8) is 0 Å². The lowest BCUT2D eigenvalue weighted by Gasteiger charge is -2.00. The van der Waals surface area contributed by atoms with Crippen LogP contribution in [-0.2, 0) is 14.4 Å². The lowest BCUT2D eigenvalue weighted by molar-refractivity contribution is -0.135. The Kier molecular flexibility index (Phi) is 4.87. The van der Waals surface area contributed by atoms with Crippen LogP contribution in [0.5, 0.6) is 0 Å². The van der Waals surface area contributed by atoms with Gasteiger partial charge in [0.25, 0.3) is 0 Å². The molecule has 5 nitrogen and oxygen atoms in total. The number of rotatable bonds is 4. The van der Waals surface area contributed by atoms with Gasteiger partial charge >= 0.3 is 11.9 Å². The maximum Gasteiger partial charge on any atom is 0.365 e. The minimum Gasteiger partial charge on any atom is -0.461 e. The molecule has 0 heterocycles. The molecule has 17 heavy (non-hydrogen) atoms. The summed E-state index contributed by atoms with van der Waals surface area (Å²) in [6, 6.07) is 8.38. The van der Waals surface area contributed by atoms with E-state index in [1.54, 1.807) is 37.3 Å². The summed E-state index contributed by atoms with van der Waals surface area (Å²) in [6.45, 7) is 3.34. The van der Waals surface area contributed by atoms with Gasteiger partial charge in [-0.15, -0.1) is 0 Å². The van der Waals surface area contributed by atoms with Gasteiger partial charge in [0.15, 0.2) is 5.71 Å². The Morgan fingerprint density at radius 1 is 1.24 bits per heavy atom. The van der Waals surface area contributed by atoms with E-state index in [4.69, 9.17) is 0 Å². The smallest absolute Gasteiger partial charge is 0.365 e. The summed E-state index contributed by atoms with van der Waals surface area (Å²) in [4.78, 5) is 27.2. The van der Waals surface area contributed by atoms with Crippen LogP contribution in [0.4, 0.5) is 0 Å². The van der Waals surface area contributed by atoms with E-state index in [0.29, 0.717) is 5.56 Å². The lowest BCUT2D eigenvalue weighted by Crippen LogP contribution is -2.15. The average molecular weight is 235 g/mol. The number of oxime groups is 1. The zero-order valence-electron chi connectivity index (χ0n) is 9.67. The molecule has 0 aliphatic carbocycles. The van der Waals surface area contributed by atoms with Gasteiger partial charge in [0, 0.05) is 0 Å². The third-order valence-corrected chi connectivity index (χ3v) is 1.85. The largest absolute Gasteiger partial charge is 0.461 e. The Balaban J connectivity index is 2.59. The van der Waals surface area contributed by atoms with Crippen LogP contribution in [0, 0.1) is 0 Å². The van der Waals surface area contributed by atoms with Crippen molar-refractivity contribution in [3.05, 3.63) is 35.9 Å². The van der Waals surface area contributed by atoms with E-state index in [-0.39, 0.29) is 12.3 Å². The summed E-state index contributed by atoms with van der Waals surface area (Å²) in [5.41, 5.74) is 0.365. The number of ether oxygens (including phenoxy) is 1. The molecule has 0 atom stereocenters. The molecule has 0 saturated carbocycles. The first-order chi connectivity index (χ1) is 8.15. The molecule has 1 aromatic carbocycles. The first kappa shape index (κ1) is 12.9. The number of benzene rings is 1. The van der Waals surface area contributed by atoms with E-state index < -0.39 is 11.9 Å². The van der Waals surface area contributed by atoms with E-state index in [1.165, 1.54) is 6.92 Å². The van der Waals surface area contributed by atoms with Crippen LogP contribution in [-0.4, -0.2) is 24.3 Å². The fourth-order valence-corrected chi connectivity index (χ4v) is 1.01. The highest BCUT2D eigenvalue weighted by molar-refractivity contribution is 6.35. The summed E-state index contributed by atoms with van der Waals surface area (Å²) in [5.74, 6) is -1.22. The molecule has 0 aromatic heterocycles. The predicted octanol–water partition coefficient (Wildman–Crippen LogP) is 1.78. The van der Waals surface area contributed by atoms with Gasteiger partial charge in [0.2, 0.25) is 0 Å². The molecule has 0 amide bonds. The molecule has 90 valence electrons. The van der Waals surface area contributed by atoms with Gasteiger partial charge in [-0.1, -0.05) is 23.4 Å². The van der Waals surface area contributed by atoms with Crippen molar-refractivity contribution in [2.45, 2.75) is 13.8 Å². The van der Waals surface area contributed by atoms with Crippen LogP contribution < -0.4 is 0 Å². The van der Waals surface area contributed by atoms with E-state index in [0.717, 1.165) is 0 Å². The third-order valence-electron chi connectivity index (χ3n) is 1.85. The van der Waals surface area contributed by atoms with E-state index in [2.05, 4.69) is 14.7 Å². The van der Waals surface area contributed by atoms with Crippen molar-refractivity contribution in [2.75, 3.05) is 6.61 Å². The maximum atomic E-state index is 11.4. The van der Waals surface area contributed by atoms with Crippen LogP contribution >= 0.6 is 0 Å². The van der Waals surface area contributed by atoms with Gasteiger partial charge in [0.1, 0.15) is 0 Å². The van der Waals surface area contributed by atoms with E-state index in [9.17, 15) is 9.59 Å². The number of esters is 1. The van der Waals surface area contributed by atoms with Gasteiger partial charge in [-0.25, -0.2) is 9.59 Å². The van der Waals surface area contributed by atoms with Crippen LogP contribution in [0.25, 0.3) is 0 Å². The van der Waals surface area contributed by atoms with Crippen LogP contribution in [0.15, 0.2) is 35.5 Å². The minimum absolute atomic E-state index is 0.00358. The van der Waals surface area contributed by atoms with Crippen molar-refractivity contribution >= 4 is 17.7 Å². The summed E-state index contributed by atoms with van der Waals surface area (Å²) < 4.78 is 4.68. The quantitative estimate of drug-likeness (QED) is 0.345. The molecule has 1 rings (SSSR count). The van der Waals surface area contributed by atoms with Crippen LogP contribution in [0.1, 0.15) is 24.2 Å². The zero-order valence-corrected chi connectivity index (χ0v) is 9.67. The van der Waals surface area contributed by atoms with Gasteiger partial charge in [0.05, 0.1) is 12.2 Å². The number of hydrogen-bond donors (Lipinski definition) is 0. The fraction of sp³-hybridized carbons (Fsp3) is 0.250. The SMILES string of the molecule is CCOC(=O)C(C)=NOC(=O)c1ccccc1. The molecule has 0 unspecified atom stereocenters. The maximum absolute atomic E-state index is 11.4. The topological polar surface area (TPSA) is 65.0 Å². The molecular formula is C12H13NO4. The normalized spacial score (nSPS) is 10.8. The Morgan fingerprint density at radius 3 is 2.47 bits per heavy atom.